The van der Waals surface area contributed by atoms with Crippen molar-refractivity contribution in [2.75, 3.05) is 6.61 Å². The van der Waals surface area contributed by atoms with Gasteiger partial charge in [0.05, 0.1) is 12.7 Å². The third-order valence-corrected chi connectivity index (χ3v) is 9.61. The molecule has 3 aromatic carbocycles. The average Bonchev–Trinajstić information content (AvgIpc) is 3.14. The Morgan fingerprint density at radius 3 is 2.22 bits per heavy atom. The molecule has 55 heavy (non-hydrogen) atoms. The second-order valence-corrected chi connectivity index (χ2v) is 13.2. The van der Waals surface area contributed by atoms with Crippen molar-refractivity contribution in [1.82, 2.24) is 0 Å². The third-order valence-electron chi connectivity index (χ3n) is 9.61. The summed E-state index contributed by atoms with van der Waals surface area (Å²) in [5, 5.41) is 105. The summed E-state index contributed by atoms with van der Waals surface area (Å²) < 4.78 is 41.2. The van der Waals surface area contributed by atoms with E-state index in [1.165, 1.54) is 55.5 Å². The highest BCUT2D eigenvalue weighted by atomic mass is 16.8. The Morgan fingerprint density at radius 2 is 1.53 bits per heavy atom. The molecule has 2 saturated heterocycles. The van der Waals surface area contributed by atoms with E-state index < -0.39 is 108 Å². The van der Waals surface area contributed by atoms with Crippen LogP contribution in [0.1, 0.15) is 28.4 Å². The largest absolute Gasteiger partial charge is 0.508 e. The van der Waals surface area contributed by atoms with Crippen molar-refractivity contribution in [3.63, 3.8) is 0 Å². The van der Waals surface area contributed by atoms with Gasteiger partial charge < -0.3 is 84.2 Å². The lowest BCUT2D eigenvalue weighted by Gasteiger charge is -2.50. The van der Waals surface area contributed by atoms with Crippen LogP contribution in [0.25, 0.3) is 6.08 Å². The zero-order valence-corrected chi connectivity index (χ0v) is 28.5. The Balaban J connectivity index is 1.27. The zero-order valence-electron chi connectivity index (χ0n) is 28.5. The van der Waals surface area contributed by atoms with Crippen molar-refractivity contribution in [1.29, 1.82) is 0 Å². The lowest BCUT2D eigenvalue weighted by Crippen LogP contribution is -2.70. The molecule has 0 radical (unpaired) electrons. The summed E-state index contributed by atoms with van der Waals surface area (Å²) in [7, 11) is 0. The summed E-state index contributed by atoms with van der Waals surface area (Å²) in [6.07, 6.45) is -14.3. The van der Waals surface area contributed by atoms with Crippen molar-refractivity contribution >= 4 is 17.8 Å². The minimum atomic E-state index is -3.04. The number of benzene rings is 3. The molecule has 3 aromatic rings. The molecule has 10 N–H and O–H groups in total. The maximum absolute atomic E-state index is 14.3. The number of aliphatic hydroxyl groups is 7. The molecule has 294 valence electrons. The number of phenols is 2. The highest BCUT2D eigenvalue weighted by Crippen LogP contribution is 2.55. The molecule has 0 aromatic heterocycles. The van der Waals surface area contributed by atoms with E-state index in [9.17, 15) is 55.5 Å². The number of carboxylic acid groups (broad SMARTS) is 1. The zero-order chi connectivity index (χ0) is 39.6. The summed E-state index contributed by atoms with van der Waals surface area (Å²) in [6.45, 7) is 0.565. The molecule has 12 atom stereocenters. The van der Waals surface area contributed by atoms with Gasteiger partial charge in [-0.15, -0.1) is 0 Å². The number of fused-ring (bicyclic) bond motifs is 3. The van der Waals surface area contributed by atoms with E-state index in [-0.39, 0.29) is 28.6 Å². The van der Waals surface area contributed by atoms with Crippen molar-refractivity contribution < 1.29 is 93.8 Å². The quantitative estimate of drug-likeness (QED) is 0.120. The van der Waals surface area contributed by atoms with Crippen LogP contribution < -0.4 is 18.9 Å². The van der Waals surface area contributed by atoms with E-state index in [0.717, 1.165) is 18.2 Å². The molecule has 2 unspecified atom stereocenters. The molecule has 2 fully saturated rings. The summed E-state index contributed by atoms with van der Waals surface area (Å²) in [6, 6.07) is 11.0. The summed E-state index contributed by atoms with van der Waals surface area (Å²) >= 11 is 0. The Bertz CT molecular complexity index is 1990. The Morgan fingerprint density at radius 1 is 0.818 bits per heavy atom. The van der Waals surface area contributed by atoms with Crippen LogP contribution >= 0.6 is 0 Å². The monoisotopic (exact) mass is 772 g/mol. The first-order valence-electron chi connectivity index (χ1n) is 16.8. The highest BCUT2D eigenvalue weighted by molar-refractivity contribution is 6.08. The van der Waals surface area contributed by atoms with Crippen molar-refractivity contribution in [3.8, 4) is 34.5 Å². The fourth-order valence-corrected chi connectivity index (χ4v) is 6.68. The summed E-state index contributed by atoms with van der Waals surface area (Å²) in [5.41, 5.74) is -0.358. The van der Waals surface area contributed by atoms with Crippen molar-refractivity contribution in [2.45, 2.75) is 79.9 Å². The van der Waals surface area contributed by atoms with Gasteiger partial charge in [0.2, 0.25) is 6.29 Å². The van der Waals surface area contributed by atoms with Crippen LogP contribution in [-0.2, 0) is 24.8 Å². The van der Waals surface area contributed by atoms with E-state index in [1.807, 2.05) is 0 Å². The average molecular weight is 773 g/mol. The molecule has 19 heteroatoms. The smallest absolute Gasteiger partial charge is 0.357 e. The molecule has 4 heterocycles. The normalized spacial score (nSPS) is 35.4. The minimum Gasteiger partial charge on any atom is -0.508 e. The van der Waals surface area contributed by atoms with Crippen LogP contribution in [0.15, 0.2) is 60.7 Å². The van der Waals surface area contributed by atoms with Gasteiger partial charge in [0, 0.05) is 23.8 Å². The highest BCUT2D eigenvalue weighted by Gasteiger charge is 2.70. The van der Waals surface area contributed by atoms with Gasteiger partial charge in [-0.1, -0.05) is 6.07 Å². The predicted octanol–water partition coefficient (Wildman–Crippen LogP) is -1.19. The van der Waals surface area contributed by atoms with Crippen LogP contribution in [0, 0.1) is 0 Å². The fraction of sp³-hybridized carbons (Fsp3) is 0.389. The number of carbonyl (C=O) groups is 2. The molecule has 4 aliphatic rings. The Hall–Kier alpha value is -5.06. The maximum Gasteiger partial charge on any atom is 0.357 e. The maximum atomic E-state index is 14.3. The molecular formula is C36H36O19. The van der Waals surface area contributed by atoms with Crippen molar-refractivity contribution in [2.24, 2.45) is 0 Å². The molecule has 0 spiro atoms. The van der Waals surface area contributed by atoms with Crippen LogP contribution in [0.2, 0.25) is 0 Å². The molecule has 0 saturated carbocycles. The van der Waals surface area contributed by atoms with Gasteiger partial charge in [0.1, 0.15) is 65.2 Å². The number of aliphatic hydroxyl groups excluding tert-OH is 6. The van der Waals surface area contributed by atoms with E-state index in [2.05, 4.69) is 0 Å². The summed E-state index contributed by atoms with van der Waals surface area (Å²) in [4.78, 5) is 25.4. The number of hydrogen-bond acceptors (Lipinski definition) is 18. The lowest BCUT2D eigenvalue weighted by molar-refractivity contribution is -0.354. The van der Waals surface area contributed by atoms with Gasteiger partial charge in [-0.2, -0.15) is 0 Å². The Kier molecular flexibility index (Phi) is 9.88. The standard InChI is InChI=1S/C36H36O19/c1-14-26(42)28(44)30(46)33(49-14)52-31-29(45)27(43)23(13-37)51-34(31)50-18-11-19(39)25-22(12-18)55-36(16-4-6-17(38)7-5-16)35(48,32(25)47)53-20-8-2-15(3-9-24(40)41)10-21(20)54-36/h2-12,14,23,26-31,33-34,37-39,42-46,48H,13H2,1H3,(H,40,41)/b9-3+/t14-,23+,26-,27+,28+,29-,30+,31+,33-,34-,35?,36?/m0/s1. The summed E-state index contributed by atoms with van der Waals surface area (Å²) in [5.74, 6) is -10.2. The molecule has 4 aliphatic heterocycles. The van der Waals surface area contributed by atoms with Crippen LogP contribution in [0.5, 0.6) is 34.5 Å². The molecule has 19 nitrogen and oxygen atoms in total. The number of hydrogen-bond donors (Lipinski definition) is 10. The number of aliphatic carboxylic acids is 1. The number of Topliss-reactive ketones (excluding diaryl/α,β-unsaturated/α-hetero) is 1. The number of ketones is 1. The van der Waals surface area contributed by atoms with Crippen LogP contribution in [-0.4, -0.2) is 137 Å². The Labute approximate surface area is 309 Å². The van der Waals surface area contributed by atoms with Gasteiger partial charge in [0.25, 0.3) is 5.78 Å². The molecule has 0 aliphatic carbocycles. The van der Waals surface area contributed by atoms with Crippen LogP contribution in [0.4, 0.5) is 0 Å². The minimum absolute atomic E-state index is 0.0747. The molecular weight excluding hydrogens is 736 g/mol. The number of aromatic hydroxyl groups is 2. The molecule has 0 bridgehead atoms. The van der Waals surface area contributed by atoms with E-state index >= 15 is 0 Å². The SMILES string of the molecule is C[C@@H]1O[C@@H](O[C@H]2[C@@H](Oc3cc(O)c4c(c3)OC3(c5ccc(O)cc5)Oc5cc(/C=C/C(=O)O)ccc5OC3(O)C4=O)O[C@H](CO)[C@@H](O)[C@@H]2O)[C@H](O)[C@H](O)[C@H]1O. The van der Waals surface area contributed by atoms with E-state index in [0.29, 0.717) is 5.56 Å². The van der Waals surface area contributed by atoms with Gasteiger partial charge in [-0.05, 0) is 55.0 Å². The third kappa shape index (κ3) is 6.49. The number of phenolic OH excluding ortho intramolecular Hbond substituents is 2. The first-order chi connectivity index (χ1) is 26.1. The topological polar surface area (TPSA) is 301 Å². The first-order valence-corrected chi connectivity index (χ1v) is 16.8. The van der Waals surface area contributed by atoms with Gasteiger partial charge >= 0.3 is 17.5 Å². The second kappa shape index (κ2) is 14.2. The molecule has 0 amide bonds. The van der Waals surface area contributed by atoms with Gasteiger partial charge in [-0.25, -0.2) is 4.79 Å². The number of ether oxygens (including phenoxy) is 7. The number of carbonyl (C=O) groups excluding carboxylic acids is 1. The van der Waals surface area contributed by atoms with Gasteiger partial charge in [-0.3, -0.25) is 4.79 Å². The first kappa shape index (κ1) is 38.2. The van der Waals surface area contributed by atoms with Crippen LogP contribution in [0.3, 0.4) is 0 Å². The predicted molar refractivity (Wildman–Crippen MR) is 178 cm³/mol. The second-order valence-electron chi connectivity index (χ2n) is 13.2. The van der Waals surface area contributed by atoms with Gasteiger partial charge in [0.15, 0.2) is 23.9 Å². The molecule has 7 rings (SSSR count). The lowest BCUT2D eigenvalue weighted by atomic mass is 9.85. The number of carboxylic acids is 1. The number of rotatable bonds is 8. The fourth-order valence-electron chi connectivity index (χ4n) is 6.68. The van der Waals surface area contributed by atoms with E-state index in [4.69, 9.17) is 38.3 Å². The van der Waals surface area contributed by atoms with Crippen molar-refractivity contribution in [3.05, 3.63) is 77.4 Å². The van der Waals surface area contributed by atoms with E-state index in [1.54, 1.807) is 0 Å².